The monoisotopic (exact) mass is 194 g/mol. The first-order valence-corrected chi connectivity index (χ1v) is 4.41. The van der Waals surface area contributed by atoms with Crippen molar-refractivity contribution >= 4 is 33.2 Å². The van der Waals surface area contributed by atoms with Crippen LogP contribution < -0.4 is 0 Å². The van der Waals surface area contributed by atoms with Gasteiger partial charge >= 0.3 is 0 Å². The fourth-order valence-corrected chi connectivity index (χ4v) is 1.88. The molecule has 0 amide bonds. The van der Waals surface area contributed by atoms with Gasteiger partial charge in [0, 0.05) is 10.4 Å². The highest BCUT2D eigenvalue weighted by Gasteiger charge is 2.04. The molecule has 1 aromatic carbocycles. The molecule has 0 unspecified atom stereocenters. The second-order valence-electron chi connectivity index (χ2n) is 2.28. The zero-order valence-electron chi connectivity index (χ0n) is 5.91. The lowest BCUT2D eigenvalue weighted by Gasteiger charge is -1.88. The quantitative estimate of drug-likeness (QED) is 0.647. The van der Waals surface area contributed by atoms with E-state index in [2.05, 4.69) is 4.37 Å². The lowest BCUT2D eigenvalue weighted by molar-refractivity contribution is 1.43. The molecule has 0 atom stereocenters. The summed E-state index contributed by atoms with van der Waals surface area (Å²) in [6.45, 7) is 0. The molecule has 2 rings (SSSR count). The smallest absolute Gasteiger partial charge is 0.162 e. The molecule has 2 aromatic rings. The summed E-state index contributed by atoms with van der Waals surface area (Å²) in [5, 5.41) is 10.1. The van der Waals surface area contributed by atoms with Crippen LogP contribution in [0.1, 0.15) is 5.69 Å². The second-order valence-corrected chi connectivity index (χ2v) is 3.52. The van der Waals surface area contributed by atoms with Crippen LogP contribution in [0, 0.1) is 11.3 Å². The number of rotatable bonds is 0. The minimum Gasteiger partial charge on any atom is -0.191 e. The number of aromatic nitrogens is 1. The van der Waals surface area contributed by atoms with E-state index in [1.165, 1.54) is 11.5 Å². The van der Waals surface area contributed by atoms with Crippen molar-refractivity contribution in [3.05, 3.63) is 28.9 Å². The van der Waals surface area contributed by atoms with Crippen molar-refractivity contribution in [1.82, 2.24) is 4.37 Å². The Labute approximate surface area is 78.2 Å². The van der Waals surface area contributed by atoms with E-state index < -0.39 is 0 Å². The Kier molecular flexibility index (Phi) is 1.72. The Hall–Kier alpha value is -1.11. The third-order valence-electron chi connectivity index (χ3n) is 1.54. The van der Waals surface area contributed by atoms with Crippen molar-refractivity contribution < 1.29 is 0 Å². The number of halogens is 1. The van der Waals surface area contributed by atoms with E-state index in [0.717, 1.165) is 10.1 Å². The van der Waals surface area contributed by atoms with E-state index in [0.29, 0.717) is 10.7 Å². The molecule has 0 bridgehead atoms. The molecule has 1 aromatic heterocycles. The number of hydrogen-bond donors (Lipinski definition) is 0. The summed E-state index contributed by atoms with van der Waals surface area (Å²) < 4.78 is 4.97. The zero-order valence-corrected chi connectivity index (χ0v) is 7.49. The van der Waals surface area contributed by atoms with Gasteiger partial charge in [0.1, 0.15) is 6.07 Å². The molecule has 12 heavy (non-hydrogen) atoms. The third-order valence-corrected chi connectivity index (χ3v) is 2.60. The third kappa shape index (κ3) is 1.06. The molecule has 0 fully saturated rings. The average molecular weight is 195 g/mol. The van der Waals surface area contributed by atoms with Gasteiger partial charge in [-0.05, 0) is 29.7 Å². The van der Waals surface area contributed by atoms with Crippen LogP contribution in [0.2, 0.25) is 5.02 Å². The topological polar surface area (TPSA) is 36.7 Å². The van der Waals surface area contributed by atoms with Crippen LogP contribution in [0.5, 0.6) is 0 Å². The standard InChI is InChI=1S/C8H3ClN2S/c9-5-1-2-8-6(3-5)7(4-10)11-12-8/h1-3H. The highest BCUT2D eigenvalue weighted by atomic mass is 35.5. The summed E-state index contributed by atoms with van der Waals surface area (Å²) in [6, 6.07) is 7.45. The van der Waals surface area contributed by atoms with Gasteiger partial charge in [-0.25, -0.2) is 0 Å². The van der Waals surface area contributed by atoms with Crippen molar-refractivity contribution in [3.8, 4) is 6.07 Å². The summed E-state index contributed by atoms with van der Waals surface area (Å²) in [4.78, 5) is 0. The normalized spacial score (nSPS) is 10.0. The molecule has 58 valence electrons. The molecule has 0 aliphatic carbocycles. The lowest BCUT2D eigenvalue weighted by Crippen LogP contribution is -1.71. The maximum Gasteiger partial charge on any atom is 0.162 e. The molecule has 0 saturated heterocycles. The highest BCUT2D eigenvalue weighted by molar-refractivity contribution is 7.13. The first-order valence-electron chi connectivity index (χ1n) is 3.26. The van der Waals surface area contributed by atoms with Crippen LogP contribution in [0.15, 0.2) is 18.2 Å². The van der Waals surface area contributed by atoms with Gasteiger partial charge in [-0.1, -0.05) is 11.6 Å². The van der Waals surface area contributed by atoms with Crippen LogP contribution in [-0.2, 0) is 0 Å². The SMILES string of the molecule is N#Cc1nsc2ccc(Cl)cc12. The van der Waals surface area contributed by atoms with Crippen LogP contribution in [0.3, 0.4) is 0 Å². The first-order chi connectivity index (χ1) is 5.81. The summed E-state index contributed by atoms with van der Waals surface area (Å²) in [5.74, 6) is 0. The summed E-state index contributed by atoms with van der Waals surface area (Å²) >= 11 is 7.09. The Balaban J connectivity index is 2.86. The van der Waals surface area contributed by atoms with E-state index >= 15 is 0 Å². The Bertz CT molecular complexity index is 469. The molecule has 0 N–H and O–H groups in total. The van der Waals surface area contributed by atoms with Crippen molar-refractivity contribution in [3.63, 3.8) is 0 Å². The Morgan fingerprint density at radius 2 is 2.33 bits per heavy atom. The number of hydrogen-bond acceptors (Lipinski definition) is 3. The van der Waals surface area contributed by atoms with Crippen molar-refractivity contribution in [2.45, 2.75) is 0 Å². The number of nitriles is 1. The van der Waals surface area contributed by atoms with Gasteiger partial charge in [0.05, 0.1) is 4.70 Å². The fraction of sp³-hybridized carbons (Fsp3) is 0. The van der Waals surface area contributed by atoms with E-state index in [4.69, 9.17) is 16.9 Å². The van der Waals surface area contributed by atoms with Crippen molar-refractivity contribution in [2.24, 2.45) is 0 Å². The van der Waals surface area contributed by atoms with E-state index in [1.807, 2.05) is 12.1 Å². The Morgan fingerprint density at radius 3 is 3.08 bits per heavy atom. The largest absolute Gasteiger partial charge is 0.191 e. The minimum absolute atomic E-state index is 0.456. The van der Waals surface area contributed by atoms with E-state index in [1.54, 1.807) is 12.1 Å². The number of fused-ring (bicyclic) bond motifs is 1. The van der Waals surface area contributed by atoms with Gasteiger partial charge < -0.3 is 0 Å². The van der Waals surface area contributed by atoms with Gasteiger partial charge in [-0.15, -0.1) is 0 Å². The van der Waals surface area contributed by atoms with Crippen molar-refractivity contribution in [1.29, 1.82) is 5.26 Å². The molecule has 2 nitrogen and oxygen atoms in total. The number of nitrogens with zero attached hydrogens (tertiary/aromatic N) is 2. The zero-order chi connectivity index (χ0) is 8.55. The summed E-state index contributed by atoms with van der Waals surface area (Å²) in [6.07, 6.45) is 0. The van der Waals surface area contributed by atoms with Crippen LogP contribution in [0.25, 0.3) is 10.1 Å². The van der Waals surface area contributed by atoms with E-state index in [9.17, 15) is 0 Å². The van der Waals surface area contributed by atoms with Crippen LogP contribution in [-0.4, -0.2) is 4.37 Å². The second kappa shape index (κ2) is 2.74. The predicted molar refractivity (Wildman–Crippen MR) is 49.3 cm³/mol. The molecule has 4 heteroatoms. The highest BCUT2D eigenvalue weighted by Crippen LogP contribution is 2.25. The minimum atomic E-state index is 0.456. The van der Waals surface area contributed by atoms with Crippen LogP contribution >= 0.6 is 23.1 Å². The lowest BCUT2D eigenvalue weighted by atomic mass is 10.2. The molecular weight excluding hydrogens is 192 g/mol. The van der Waals surface area contributed by atoms with Crippen LogP contribution in [0.4, 0.5) is 0 Å². The average Bonchev–Trinajstić information content (AvgIpc) is 2.46. The molecular formula is C8H3ClN2S. The summed E-state index contributed by atoms with van der Waals surface area (Å²) in [5.41, 5.74) is 0.456. The molecule has 0 spiro atoms. The molecule has 0 saturated carbocycles. The summed E-state index contributed by atoms with van der Waals surface area (Å²) in [7, 11) is 0. The first kappa shape index (κ1) is 7.53. The van der Waals surface area contributed by atoms with E-state index in [-0.39, 0.29) is 0 Å². The molecule has 1 heterocycles. The maximum atomic E-state index is 8.67. The van der Waals surface area contributed by atoms with Gasteiger partial charge in [-0.3, -0.25) is 0 Å². The molecule has 0 radical (unpaired) electrons. The van der Waals surface area contributed by atoms with Gasteiger partial charge in [0.15, 0.2) is 5.69 Å². The van der Waals surface area contributed by atoms with Crippen molar-refractivity contribution in [2.75, 3.05) is 0 Å². The van der Waals surface area contributed by atoms with Gasteiger partial charge in [0.25, 0.3) is 0 Å². The fourth-order valence-electron chi connectivity index (χ4n) is 0.991. The van der Waals surface area contributed by atoms with Gasteiger partial charge in [0.2, 0.25) is 0 Å². The molecule has 0 aliphatic heterocycles. The predicted octanol–water partition coefficient (Wildman–Crippen LogP) is 2.82. The number of benzene rings is 1. The van der Waals surface area contributed by atoms with Gasteiger partial charge in [-0.2, -0.15) is 9.64 Å². The molecule has 0 aliphatic rings. The maximum absolute atomic E-state index is 8.67. The Morgan fingerprint density at radius 1 is 1.50 bits per heavy atom.